The molecule has 3 nitrogen and oxygen atoms in total. The summed E-state index contributed by atoms with van der Waals surface area (Å²) < 4.78 is 5.28. The number of rotatable bonds is 10. The minimum atomic E-state index is 0.490. The monoisotopic (exact) mass is 264 g/mol. The van der Waals surface area contributed by atoms with Gasteiger partial charge in [-0.25, -0.2) is 9.97 Å². The van der Waals surface area contributed by atoms with E-state index in [1.54, 1.807) is 0 Å². The molecule has 0 aliphatic heterocycles. The summed E-state index contributed by atoms with van der Waals surface area (Å²) in [6.45, 7) is 7.07. The summed E-state index contributed by atoms with van der Waals surface area (Å²) in [5.41, 5.74) is 1.25. The summed E-state index contributed by atoms with van der Waals surface area (Å²) in [5.74, 6) is 0.595. The number of ether oxygens (including phenoxy) is 1. The van der Waals surface area contributed by atoms with Gasteiger partial charge in [0.05, 0.1) is 6.61 Å². The molecule has 1 atom stereocenters. The summed E-state index contributed by atoms with van der Waals surface area (Å²) in [6.07, 6.45) is 13.0. The fourth-order valence-electron chi connectivity index (χ4n) is 2.34. The van der Waals surface area contributed by atoms with Crippen LogP contribution in [0.1, 0.15) is 77.2 Å². The highest BCUT2D eigenvalue weighted by atomic mass is 16.5. The lowest BCUT2D eigenvalue weighted by atomic mass is 9.93. The molecule has 0 saturated heterocycles. The maximum absolute atomic E-state index is 5.28. The van der Waals surface area contributed by atoms with Crippen molar-refractivity contribution in [2.45, 2.75) is 71.6 Å². The molecule has 1 heterocycles. The van der Waals surface area contributed by atoms with Crippen molar-refractivity contribution in [1.82, 2.24) is 9.97 Å². The van der Waals surface area contributed by atoms with E-state index < -0.39 is 0 Å². The standard InChI is InChI=1S/C16H28N2O/c1-4-7-8-9-10-11-14(5-2)15-12-17-16(18-13-15)19-6-3/h12-14H,4-11H2,1-3H3. The average molecular weight is 264 g/mol. The van der Waals surface area contributed by atoms with E-state index in [1.807, 2.05) is 19.3 Å². The second-order valence-electron chi connectivity index (χ2n) is 5.04. The number of hydrogen-bond donors (Lipinski definition) is 0. The van der Waals surface area contributed by atoms with Gasteiger partial charge in [0.1, 0.15) is 0 Å². The van der Waals surface area contributed by atoms with Crippen LogP contribution in [0, 0.1) is 0 Å². The van der Waals surface area contributed by atoms with Gasteiger partial charge in [0.25, 0.3) is 0 Å². The number of unbranched alkanes of at least 4 members (excludes halogenated alkanes) is 4. The van der Waals surface area contributed by atoms with Gasteiger partial charge in [0, 0.05) is 12.4 Å². The fourth-order valence-corrected chi connectivity index (χ4v) is 2.34. The van der Waals surface area contributed by atoms with Crippen LogP contribution in [0.15, 0.2) is 12.4 Å². The summed E-state index contributed by atoms with van der Waals surface area (Å²) in [5, 5.41) is 0. The Morgan fingerprint density at radius 3 is 2.26 bits per heavy atom. The third kappa shape index (κ3) is 6.04. The topological polar surface area (TPSA) is 35.0 Å². The third-order valence-corrected chi connectivity index (χ3v) is 3.54. The molecule has 108 valence electrons. The largest absolute Gasteiger partial charge is 0.464 e. The summed E-state index contributed by atoms with van der Waals surface area (Å²) >= 11 is 0. The molecule has 3 heteroatoms. The SMILES string of the molecule is CCCCCCCC(CC)c1cnc(OCC)nc1. The maximum atomic E-state index is 5.28. The third-order valence-electron chi connectivity index (χ3n) is 3.54. The maximum Gasteiger partial charge on any atom is 0.316 e. The predicted octanol–water partition coefficient (Wildman–Crippen LogP) is 4.73. The van der Waals surface area contributed by atoms with E-state index in [0.29, 0.717) is 18.5 Å². The van der Waals surface area contributed by atoms with Crippen LogP contribution in [0.2, 0.25) is 0 Å². The van der Waals surface area contributed by atoms with Crippen LogP contribution < -0.4 is 4.74 Å². The molecule has 1 rings (SSSR count). The Balaban J connectivity index is 2.40. The van der Waals surface area contributed by atoms with Crippen molar-refractivity contribution >= 4 is 0 Å². The van der Waals surface area contributed by atoms with Gasteiger partial charge in [0.15, 0.2) is 0 Å². The van der Waals surface area contributed by atoms with Crippen molar-refractivity contribution in [3.8, 4) is 6.01 Å². The van der Waals surface area contributed by atoms with Crippen LogP contribution >= 0.6 is 0 Å². The lowest BCUT2D eigenvalue weighted by Gasteiger charge is -2.14. The predicted molar refractivity (Wildman–Crippen MR) is 79.6 cm³/mol. The molecule has 0 fully saturated rings. The van der Waals surface area contributed by atoms with Crippen molar-refractivity contribution in [1.29, 1.82) is 0 Å². The molecular weight excluding hydrogens is 236 g/mol. The van der Waals surface area contributed by atoms with E-state index in [9.17, 15) is 0 Å². The highest BCUT2D eigenvalue weighted by molar-refractivity contribution is 5.13. The molecule has 0 saturated carbocycles. The Hall–Kier alpha value is -1.12. The second-order valence-corrected chi connectivity index (χ2v) is 5.04. The summed E-state index contributed by atoms with van der Waals surface area (Å²) in [7, 11) is 0. The molecule has 1 aromatic rings. The zero-order valence-electron chi connectivity index (χ0n) is 12.7. The fraction of sp³-hybridized carbons (Fsp3) is 0.750. The molecule has 0 aromatic carbocycles. The van der Waals surface area contributed by atoms with Gasteiger partial charge in [-0.1, -0.05) is 46.0 Å². The van der Waals surface area contributed by atoms with Crippen molar-refractivity contribution in [2.24, 2.45) is 0 Å². The van der Waals surface area contributed by atoms with Crippen LogP contribution in [0.25, 0.3) is 0 Å². The first kappa shape index (κ1) is 15.9. The van der Waals surface area contributed by atoms with Crippen molar-refractivity contribution in [3.05, 3.63) is 18.0 Å². The van der Waals surface area contributed by atoms with Crippen molar-refractivity contribution in [2.75, 3.05) is 6.61 Å². The van der Waals surface area contributed by atoms with Gasteiger partial charge >= 0.3 is 6.01 Å². The normalized spacial score (nSPS) is 12.4. The lowest BCUT2D eigenvalue weighted by molar-refractivity contribution is 0.311. The molecule has 19 heavy (non-hydrogen) atoms. The van der Waals surface area contributed by atoms with Gasteiger partial charge in [-0.05, 0) is 31.2 Å². The van der Waals surface area contributed by atoms with Gasteiger partial charge in [-0.15, -0.1) is 0 Å². The van der Waals surface area contributed by atoms with E-state index >= 15 is 0 Å². The molecule has 1 aromatic heterocycles. The molecule has 0 aliphatic rings. The first-order valence-electron chi connectivity index (χ1n) is 7.76. The Bertz CT molecular complexity index is 324. The van der Waals surface area contributed by atoms with E-state index in [1.165, 1.54) is 44.1 Å². The lowest BCUT2D eigenvalue weighted by Crippen LogP contribution is -2.02. The molecule has 0 spiro atoms. The molecule has 0 aliphatic carbocycles. The van der Waals surface area contributed by atoms with Crippen LogP contribution in [0.4, 0.5) is 0 Å². The summed E-state index contributed by atoms with van der Waals surface area (Å²) in [4.78, 5) is 8.52. The van der Waals surface area contributed by atoms with E-state index in [4.69, 9.17) is 4.74 Å². The Morgan fingerprint density at radius 2 is 1.68 bits per heavy atom. The second kappa shape index (κ2) is 9.76. The molecule has 0 amide bonds. The van der Waals surface area contributed by atoms with Gasteiger partial charge in [-0.3, -0.25) is 0 Å². The number of aromatic nitrogens is 2. The van der Waals surface area contributed by atoms with Crippen molar-refractivity contribution < 1.29 is 4.74 Å². The van der Waals surface area contributed by atoms with E-state index in [-0.39, 0.29) is 0 Å². The average Bonchev–Trinajstić information content (AvgIpc) is 2.44. The van der Waals surface area contributed by atoms with E-state index in [2.05, 4.69) is 23.8 Å². The van der Waals surface area contributed by atoms with Crippen molar-refractivity contribution in [3.63, 3.8) is 0 Å². The quantitative estimate of drug-likeness (QED) is 0.573. The number of nitrogens with zero attached hydrogens (tertiary/aromatic N) is 2. The zero-order valence-corrected chi connectivity index (χ0v) is 12.7. The Labute approximate surface area is 117 Å². The highest BCUT2D eigenvalue weighted by Gasteiger charge is 2.10. The van der Waals surface area contributed by atoms with Gasteiger partial charge < -0.3 is 4.74 Å². The minimum Gasteiger partial charge on any atom is -0.464 e. The zero-order chi connectivity index (χ0) is 13.9. The molecule has 0 N–H and O–H groups in total. The first-order valence-corrected chi connectivity index (χ1v) is 7.76. The summed E-state index contributed by atoms with van der Waals surface area (Å²) in [6, 6.07) is 0.490. The molecule has 0 bridgehead atoms. The van der Waals surface area contributed by atoms with Gasteiger partial charge in [-0.2, -0.15) is 0 Å². The van der Waals surface area contributed by atoms with Crippen LogP contribution in [-0.4, -0.2) is 16.6 Å². The van der Waals surface area contributed by atoms with E-state index in [0.717, 1.165) is 6.42 Å². The highest BCUT2D eigenvalue weighted by Crippen LogP contribution is 2.25. The van der Waals surface area contributed by atoms with Crippen LogP contribution in [0.5, 0.6) is 6.01 Å². The Kier molecular flexibility index (Phi) is 8.19. The van der Waals surface area contributed by atoms with Crippen LogP contribution in [-0.2, 0) is 0 Å². The van der Waals surface area contributed by atoms with Gasteiger partial charge in [0.2, 0.25) is 0 Å². The number of hydrogen-bond acceptors (Lipinski definition) is 3. The Morgan fingerprint density at radius 1 is 1.00 bits per heavy atom. The molecule has 1 unspecified atom stereocenters. The molecular formula is C16H28N2O. The van der Waals surface area contributed by atoms with Crippen LogP contribution in [0.3, 0.4) is 0 Å². The first-order chi connectivity index (χ1) is 9.31. The molecule has 0 radical (unpaired) electrons. The smallest absolute Gasteiger partial charge is 0.316 e. The minimum absolute atomic E-state index is 0.490.